The van der Waals surface area contributed by atoms with Gasteiger partial charge in [-0.05, 0) is 31.6 Å². The smallest absolute Gasteiger partial charge is 0.372 e. The van der Waals surface area contributed by atoms with Gasteiger partial charge in [0.25, 0.3) is 0 Å². The molecule has 0 bridgehead atoms. The highest BCUT2D eigenvalue weighted by atomic mass is 32.3. The predicted molar refractivity (Wildman–Crippen MR) is 68.2 cm³/mol. The molecule has 1 N–H and O–H groups in total. The summed E-state index contributed by atoms with van der Waals surface area (Å²) in [5.41, 5.74) is 0.151. The second-order valence-corrected chi connectivity index (χ2v) is 7.36. The van der Waals surface area contributed by atoms with Gasteiger partial charge in [-0.15, -0.1) is 0 Å². The van der Waals surface area contributed by atoms with E-state index in [1.165, 1.54) is 0 Å². The van der Waals surface area contributed by atoms with Gasteiger partial charge in [0.1, 0.15) is 0 Å². The van der Waals surface area contributed by atoms with Crippen molar-refractivity contribution in [3.05, 3.63) is 0 Å². The number of ether oxygens (including phenoxy) is 2. The summed E-state index contributed by atoms with van der Waals surface area (Å²) in [5, 5.41) is 0. The van der Waals surface area contributed by atoms with E-state index in [-0.39, 0.29) is 29.8 Å². The average molecular weight is 294 g/mol. The molecule has 7 heteroatoms. The summed E-state index contributed by atoms with van der Waals surface area (Å²) in [7, 11) is -4.38. The lowest BCUT2D eigenvalue weighted by Crippen LogP contribution is -2.26. The SMILES string of the molecule is CC1(C)CC1(C)OCC1CCC(COS(=O)(=O)O)O1. The normalized spacial score (nSPS) is 37.5. The van der Waals surface area contributed by atoms with E-state index in [0.29, 0.717) is 13.0 Å². The molecule has 1 aliphatic heterocycles. The van der Waals surface area contributed by atoms with Crippen molar-refractivity contribution in [3.63, 3.8) is 0 Å². The van der Waals surface area contributed by atoms with Crippen LogP contribution in [-0.2, 0) is 24.1 Å². The summed E-state index contributed by atoms with van der Waals surface area (Å²) in [6, 6.07) is 0. The molecule has 1 saturated carbocycles. The monoisotopic (exact) mass is 294 g/mol. The van der Waals surface area contributed by atoms with Gasteiger partial charge in [0.2, 0.25) is 0 Å². The molecular weight excluding hydrogens is 272 g/mol. The minimum atomic E-state index is -4.38. The third-order valence-corrected chi connectivity index (χ3v) is 4.71. The molecule has 0 amide bonds. The first-order chi connectivity index (χ1) is 8.61. The van der Waals surface area contributed by atoms with Gasteiger partial charge in [-0.3, -0.25) is 4.55 Å². The third-order valence-electron chi connectivity index (χ3n) is 4.27. The van der Waals surface area contributed by atoms with Crippen molar-refractivity contribution in [3.8, 4) is 0 Å². The van der Waals surface area contributed by atoms with Gasteiger partial charge < -0.3 is 9.47 Å². The van der Waals surface area contributed by atoms with E-state index < -0.39 is 10.4 Å². The van der Waals surface area contributed by atoms with Crippen LogP contribution in [0.1, 0.15) is 40.0 Å². The molecule has 3 unspecified atom stereocenters. The van der Waals surface area contributed by atoms with Crippen LogP contribution in [0.25, 0.3) is 0 Å². The lowest BCUT2D eigenvalue weighted by atomic mass is 10.1. The Morgan fingerprint density at radius 3 is 2.21 bits per heavy atom. The van der Waals surface area contributed by atoms with Crippen LogP contribution in [0.4, 0.5) is 0 Å². The highest BCUT2D eigenvalue weighted by molar-refractivity contribution is 7.80. The highest BCUT2D eigenvalue weighted by Crippen LogP contribution is 2.58. The molecule has 2 fully saturated rings. The van der Waals surface area contributed by atoms with Gasteiger partial charge in [0.15, 0.2) is 0 Å². The van der Waals surface area contributed by atoms with E-state index in [9.17, 15) is 8.42 Å². The summed E-state index contributed by atoms with van der Waals surface area (Å²) < 4.78 is 45.2. The Morgan fingerprint density at radius 1 is 1.21 bits per heavy atom. The maximum Gasteiger partial charge on any atom is 0.397 e. The molecule has 6 nitrogen and oxygen atoms in total. The summed E-state index contributed by atoms with van der Waals surface area (Å²) in [5.74, 6) is 0. The Bertz CT molecular complexity index is 432. The van der Waals surface area contributed by atoms with Crippen molar-refractivity contribution in [1.82, 2.24) is 0 Å². The van der Waals surface area contributed by atoms with Crippen molar-refractivity contribution in [2.45, 2.75) is 57.8 Å². The molecular formula is C12H22O6S. The summed E-state index contributed by atoms with van der Waals surface area (Å²) in [6.07, 6.45) is 2.25. The Balaban J connectivity index is 1.68. The quantitative estimate of drug-likeness (QED) is 0.749. The Morgan fingerprint density at radius 2 is 1.74 bits per heavy atom. The van der Waals surface area contributed by atoms with Gasteiger partial charge in [0.05, 0.1) is 31.0 Å². The second-order valence-electron chi connectivity index (χ2n) is 6.27. The zero-order chi connectivity index (χ0) is 14.3. The molecule has 3 atom stereocenters. The van der Waals surface area contributed by atoms with Crippen molar-refractivity contribution < 1.29 is 26.6 Å². The van der Waals surface area contributed by atoms with Crippen LogP contribution in [0.3, 0.4) is 0 Å². The van der Waals surface area contributed by atoms with Crippen LogP contribution in [0, 0.1) is 5.41 Å². The summed E-state index contributed by atoms with van der Waals surface area (Å²) in [4.78, 5) is 0. The van der Waals surface area contributed by atoms with E-state index in [1.807, 2.05) is 0 Å². The van der Waals surface area contributed by atoms with Gasteiger partial charge in [-0.1, -0.05) is 13.8 Å². The molecule has 1 aliphatic carbocycles. The Kier molecular flexibility index (Phi) is 3.97. The van der Waals surface area contributed by atoms with Crippen molar-refractivity contribution in [2.24, 2.45) is 5.41 Å². The Hall–Kier alpha value is -0.210. The fourth-order valence-corrected chi connectivity index (χ4v) is 2.83. The minimum Gasteiger partial charge on any atom is -0.372 e. The minimum absolute atomic E-state index is 0.0248. The number of hydrogen-bond acceptors (Lipinski definition) is 5. The third kappa shape index (κ3) is 3.88. The fourth-order valence-electron chi connectivity index (χ4n) is 2.51. The zero-order valence-corrected chi connectivity index (χ0v) is 12.4. The van der Waals surface area contributed by atoms with Crippen LogP contribution in [0.5, 0.6) is 0 Å². The van der Waals surface area contributed by atoms with Crippen LogP contribution >= 0.6 is 0 Å². The maximum absolute atomic E-state index is 10.5. The van der Waals surface area contributed by atoms with E-state index in [4.69, 9.17) is 14.0 Å². The van der Waals surface area contributed by atoms with Crippen LogP contribution in [0.15, 0.2) is 0 Å². The van der Waals surface area contributed by atoms with E-state index in [2.05, 4.69) is 25.0 Å². The largest absolute Gasteiger partial charge is 0.397 e. The molecule has 0 aromatic carbocycles. The van der Waals surface area contributed by atoms with Gasteiger partial charge in [0, 0.05) is 0 Å². The Labute approximate surface area is 114 Å². The zero-order valence-electron chi connectivity index (χ0n) is 11.6. The molecule has 0 aromatic rings. The molecule has 0 spiro atoms. The lowest BCUT2D eigenvalue weighted by molar-refractivity contribution is -0.0631. The first kappa shape index (κ1) is 15.2. The number of hydrogen-bond donors (Lipinski definition) is 1. The van der Waals surface area contributed by atoms with E-state index in [1.54, 1.807) is 0 Å². The first-order valence-electron chi connectivity index (χ1n) is 6.53. The second kappa shape index (κ2) is 4.96. The van der Waals surface area contributed by atoms with Crippen LogP contribution < -0.4 is 0 Å². The predicted octanol–water partition coefficient (Wildman–Crippen LogP) is 1.56. The van der Waals surface area contributed by atoms with E-state index in [0.717, 1.165) is 12.8 Å². The molecule has 2 rings (SSSR count). The lowest BCUT2D eigenvalue weighted by Gasteiger charge is -2.19. The molecule has 1 heterocycles. The van der Waals surface area contributed by atoms with E-state index >= 15 is 0 Å². The summed E-state index contributed by atoms with van der Waals surface area (Å²) in [6.45, 7) is 6.82. The fraction of sp³-hybridized carbons (Fsp3) is 1.00. The maximum atomic E-state index is 10.5. The van der Waals surface area contributed by atoms with Crippen molar-refractivity contribution in [1.29, 1.82) is 0 Å². The highest BCUT2D eigenvalue weighted by Gasteiger charge is 2.59. The topological polar surface area (TPSA) is 82.1 Å². The van der Waals surface area contributed by atoms with Gasteiger partial charge in [-0.2, -0.15) is 8.42 Å². The molecule has 0 aromatic heterocycles. The molecule has 1 saturated heterocycles. The molecule has 2 aliphatic rings. The average Bonchev–Trinajstić information content (AvgIpc) is 2.64. The molecule has 112 valence electrons. The van der Waals surface area contributed by atoms with Crippen molar-refractivity contribution >= 4 is 10.4 Å². The van der Waals surface area contributed by atoms with Gasteiger partial charge in [-0.25, -0.2) is 4.18 Å². The van der Waals surface area contributed by atoms with Crippen molar-refractivity contribution in [2.75, 3.05) is 13.2 Å². The van der Waals surface area contributed by atoms with Gasteiger partial charge >= 0.3 is 10.4 Å². The first-order valence-corrected chi connectivity index (χ1v) is 7.89. The van der Waals surface area contributed by atoms with Crippen LogP contribution in [-0.4, -0.2) is 44.0 Å². The molecule has 0 radical (unpaired) electrons. The summed E-state index contributed by atoms with van der Waals surface area (Å²) >= 11 is 0. The number of rotatable bonds is 6. The molecule has 19 heavy (non-hydrogen) atoms. The van der Waals surface area contributed by atoms with Crippen LogP contribution in [0.2, 0.25) is 0 Å². The standard InChI is InChI=1S/C12H22O6S/c1-11(2)8-12(11,3)16-6-9-4-5-10(18-9)7-17-19(13,14)15/h9-10H,4-8H2,1-3H3,(H,13,14,15).